The second-order valence-electron chi connectivity index (χ2n) is 5.30. The minimum Gasteiger partial charge on any atom is -0.393 e. The third kappa shape index (κ3) is 2.56. The highest BCUT2D eigenvalue weighted by Gasteiger charge is 2.34. The number of likely N-dealkylation sites (tertiary alicyclic amines) is 1. The monoisotopic (exact) mass is 295 g/mol. The van der Waals surface area contributed by atoms with Crippen molar-refractivity contribution in [3.05, 3.63) is 23.5 Å². The van der Waals surface area contributed by atoms with Gasteiger partial charge in [0.05, 0.1) is 25.3 Å². The van der Waals surface area contributed by atoms with Crippen LogP contribution in [0.1, 0.15) is 18.5 Å². The fraction of sp³-hybridized carbons (Fsp3) is 0.538. The molecular formula is C13H17N3O3S. The predicted molar refractivity (Wildman–Crippen MR) is 74.6 cm³/mol. The molecule has 3 rings (SSSR count). The summed E-state index contributed by atoms with van der Waals surface area (Å²) in [6.07, 6.45) is 5.24. The third-order valence-electron chi connectivity index (χ3n) is 3.68. The van der Waals surface area contributed by atoms with E-state index in [9.17, 15) is 15.0 Å². The van der Waals surface area contributed by atoms with Crippen LogP contribution in [0.25, 0.3) is 4.96 Å². The van der Waals surface area contributed by atoms with E-state index >= 15 is 0 Å². The van der Waals surface area contributed by atoms with Gasteiger partial charge in [-0.05, 0) is 12.8 Å². The van der Waals surface area contributed by atoms with E-state index in [1.807, 2.05) is 22.2 Å². The maximum Gasteiger partial charge on any atom is 0.228 e. The molecule has 6 nitrogen and oxygen atoms in total. The van der Waals surface area contributed by atoms with Crippen LogP contribution in [-0.4, -0.2) is 55.7 Å². The molecule has 1 amide bonds. The minimum absolute atomic E-state index is 0.0534. The average Bonchev–Trinajstić information content (AvgIpc) is 2.99. The molecule has 1 fully saturated rings. The fourth-order valence-corrected chi connectivity index (χ4v) is 3.30. The zero-order chi connectivity index (χ0) is 14.2. The number of thiazole rings is 1. The SMILES string of the molecule is O=C(Cc1cn2ccsc2n1)N1CCC[C@](O)(CO)C1. The number of piperidine rings is 1. The van der Waals surface area contributed by atoms with Gasteiger partial charge in [-0.25, -0.2) is 4.98 Å². The summed E-state index contributed by atoms with van der Waals surface area (Å²) in [5.41, 5.74) is -0.414. The number of amides is 1. The standard InChI is InChI=1S/C13H17N3O3S/c17-9-13(19)2-1-3-16(8-13)11(18)6-10-7-15-4-5-20-12(15)14-10/h4-5,7,17,19H,1-3,6,8-9H2/t13-/m1/s1. The first kappa shape index (κ1) is 13.5. The zero-order valence-corrected chi connectivity index (χ0v) is 11.8. The zero-order valence-electron chi connectivity index (χ0n) is 11.0. The number of aliphatic hydroxyl groups excluding tert-OH is 1. The van der Waals surface area contributed by atoms with Gasteiger partial charge in [0, 0.05) is 24.3 Å². The van der Waals surface area contributed by atoms with Crippen LogP contribution in [0.3, 0.4) is 0 Å². The summed E-state index contributed by atoms with van der Waals surface area (Å²) >= 11 is 1.53. The van der Waals surface area contributed by atoms with Crippen LogP contribution in [0.5, 0.6) is 0 Å². The van der Waals surface area contributed by atoms with Crippen LogP contribution >= 0.6 is 11.3 Å². The van der Waals surface area contributed by atoms with Gasteiger partial charge in [-0.1, -0.05) is 0 Å². The molecule has 0 radical (unpaired) electrons. The Kier molecular flexibility index (Phi) is 3.49. The number of imidazole rings is 1. The Hall–Kier alpha value is -1.44. The fourth-order valence-electron chi connectivity index (χ4n) is 2.58. The second-order valence-corrected chi connectivity index (χ2v) is 6.18. The lowest BCUT2D eigenvalue weighted by Gasteiger charge is -2.38. The van der Waals surface area contributed by atoms with E-state index in [1.54, 1.807) is 4.90 Å². The van der Waals surface area contributed by atoms with Crippen LogP contribution in [0.2, 0.25) is 0 Å². The maximum absolute atomic E-state index is 12.3. The van der Waals surface area contributed by atoms with Gasteiger partial charge in [0.1, 0.15) is 5.60 Å². The van der Waals surface area contributed by atoms with Crippen molar-refractivity contribution in [1.29, 1.82) is 0 Å². The average molecular weight is 295 g/mol. The van der Waals surface area contributed by atoms with Crippen LogP contribution < -0.4 is 0 Å². The minimum atomic E-state index is -1.15. The van der Waals surface area contributed by atoms with Crippen molar-refractivity contribution in [2.45, 2.75) is 24.9 Å². The van der Waals surface area contributed by atoms with E-state index in [2.05, 4.69) is 4.98 Å². The van der Waals surface area contributed by atoms with Crippen LogP contribution in [0, 0.1) is 0 Å². The van der Waals surface area contributed by atoms with Gasteiger partial charge in [0.15, 0.2) is 4.96 Å². The Morgan fingerprint density at radius 2 is 2.40 bits per heavy atom. The molecule has 1 atom stereocenters. The molecule has 0 spiro atoms. The van der Waals surface area contributed by atoms with Crippen LogP contribution in [0.15, 0.2) is 17.8 Å². The van der Waals surface area contributed by atoms with Crippen LogP contribution in [0.4, 0.5) is 0 Å². The predicted octanol–water partition coefficient (Wildman–Crippen LogP) is 0.284. The summed E-state index contributed by atoms with van der Waals surface area (Å²) in [6.45, 7) is 0.519. The molecule has 2 aromatic heterocycles. The molecule has 20 heavy (non-hydrogen) atoms. The van der Waals surface area contributed by atoms with E-state index in [1.165, 1.54) is 11.3 Å². The molecule has 0 saturated carbocycles. The van der Waals surface area contributed by atoms with Crippen molar-refractivity contribution < 1.29 is 15.0 Å². The smallest absolute Gasteiger partial charge is 0.228 e. The molecular weight excluding hydrogens is 278 g/mol. The second kappa shape index (κ2) is 5.16. The van der Waals surface area contributed by atoms with E-state index < -0.39 is 5.60 Å². The number of hydrogen-bond acceptors (Lipinski definition) is 5. The number of carbonyl (C=O) groups is 1. The molecule has 1 aliphatic rings. The summed E-state index contributed by atoms with van der Waals surface area (Å²) < 4.78 is 1.90. The van der Waals surface area contributed by atoms with Gasteiger partial charge < -0.3 is 15.1 Å². The van der Waals surface area contributed by atoms with Crippen molar-refractivity contribution >= 4 is 22.2 Å². The third-order valence-corrected chi connectivity index (χ3v) is 4.45. The molecule has 1 aliphatic heterocycles. The number of β-amino-alcohol motifs (C(OH)–C–C–N with tert-alkyl or cyclic N) is 1. The largest absolute Gasteiger partial charge is 0.393 e. The number of nitrogens with zero attached hydrogens (tertiary/aromatic N) is 3. The van der Waals surface area contributed by atoms with Crippen LogP contribution in [-0.2, 0) is 11.2 Å². The van der Waals surface area contributed by atoms with E-state index in [-0.39, 0.29) is 25.5 Å². The van der Waals surface area contributed by atoms with Gasteiger partial charge in [-0.3, -0.25) is 9.20 Å². The van der Waals surface area contributed by atoms with Gasteiger partial charge in [0.25, 0.3) is 0 Å². The normalized spacial score (nSPS) is 23.4. The first-order valence-electron chi connectivity index (χ1n) is 6.62. The van der Waals surface area contributed by atoms with E-state index in [0.717, 1.165) is 10.7 Å². The van der Waals surface area contributed by atoms with Gasteiger partial charge in [-0.2, -0.15) is 0 Å². The quantitative estimate of drug-likeness (QED) is 0.853. The van der Waals surface area contributed by atoms with Crippen molar-refractivity contribution in [2.24, 2.45) is 0 Å². The Labute approximate surface area is 120 Å². The maximum atomic E-state index is 12.3. The Balaban J connectivity index is 1.68. The highest BCUT2D eigenvalue weighted by atomic mass is 32.1. The van der Waals surface area contributed by atoms with E-state index in [4.69, 9.17) is 0 Å². The van der Waals surface area contributed by atoms with Crippen molar-refractivity contribution in [3.8, 4) is 0 Å². The number of hydrogen-bond donors (Lipinski definition) is 2. The van der Waals surface area contributed by atoms with Gasteiger partial charge >= 0.3 is 0 Å². The Bertz CT molecular complexity index is 595. The molecule has 0 bridgehead atoms. The number of aromatic nitrogens is 2. The molecule has 2 N–H and O–H groups in total. The first-order chi connectivity index (χ1) is 9.59. The summed E-state index contributed by atoms with van der Waals surface area (Å²) in [5.74, 6) is -0.0534. The number of aliphatic hydroxyl groups is 2. The summed E-state index contributed by atoms with van der Waals surface area (Å²) in [4.78, 5) is 19.1. The lowest BCUT2D eigenvalue weighted by atomic mass is 9.93. The number of carbonyl (C=O) groups excluding carboxylic acids is 1. The lowest BCUT2D eigenvalue weighted by molar-refractivity contribution is -0.140. The highest BCUT2D eigenvalue weighted by molar-refractivity contribution is 7.15. The Morgan fingerprint density at radius 3 is 3.15 bits per heavy atom. The van der Waals surface area contributed by atoms with Gasteiger partial charge in [-0.15, -0.1) is 11.3 Å². The van der Waals surface area contributed by atoms with Crippen molar-refractivity contribution in [3.63, 3.8) is 0 Å². The molecule has 7 heteroatoms. The first-order valence-corrected chi connectivity index (χ1v) is 7.50. The topological polar surface area (TPSA) is 78.1 Å². The van der Waals surface area contributed by atoms with Crippen molar-refractivity contribution in [2.75, 3.05) is 19.7 Å². The summed E-state index contributed by atoms with van der Waals surface area (Å²) in [7, 11) is 0. The summed E-state index contributed by atoms with van der Waals surface area (Å²) in [6, 6.07) is 0. The van der Waals surface area contributed by atoms with Gasteiger partial charge in [0.2, 0.25) is 5.91 Å². The number of rotatable bonds is 3. The summed E-state index contributed by atoms with van der Waals surface area (Å²) in [5, 5.41) is 21.2. The number of fused-ring (bicyclic) bond motifs is 1. The molecule has 108 valence electrons. The molecule has 2 aromatic rings. The van der Waals surface area contributed by atoms with E-state index in [0.29, 0.717) is 19.4 Å². The van der Waals surface area contributed by atoms with Crippen molar-refractivity contribution in [1.82, 2.24) is 14.3 Å². The highest BCUT2D eigenvalue weighted by Crippen LogP contribution is 2.21. The Morgan fingerprint density at radius 1 is 1.55 bits per heavy atom. The molecule has 0 unspecified atom stereocenters. The lowest BCUT2D eigenvalue weighted by Crippen LogP contribution is -2.52. The molecule has 3 heterocycles. The molecule has 0 aliphatic carbocycles. The molecule has 0 aromatic carbocycles. The molecule has 1 saturated heterocycles.